The number of thiazole rings is 1. The van der Waals surface area contributed by atoms with Crippen LogP contribution in [0, 0.1) is 0 Å². The molecule has 0 bridgehead atoms. The molecule has 0 spiro atoms. The van der Waals surface area contributed by atoms with Gasteiger partial charge in [-0.05, 0) is 75.8 Å². The van der Waals surface area contributed by atoms with Gasteiger partial charge in [0.2, 0.25) is 0 Å². The minimum Gasteiger partial charge on any atom is -0.480 e. The van der Waals surface area contributed by atoms with Crippen molar-refractivity contribution in [2.75, 3.05) is 43.9 Å². The van der Waals surface area contributed by atoms with Crippen LogP contribution in [0.2, 0.25) is 0 Å². The maximum absolute atomic E-state index is 12.0. The summed E-state index contributed by atoms with van der Waals surface area (Å²) in [6.07, 6.45) is 5.84. The standard InChI is InChI=1S/C27H37N5O3S/c1-19(35-2)18-32(16-6-5-9-21-13-12-20-8-7-15-28-25(20)29-21)17-14-23(26(33)34)31-27-30-22-10-3-4-11-24(22)36-27/h3-4,10-13,19,23H,5-9,14-18H2,1-2H3,(H,28,29)(H,30,31)(H,33,34)/t19-,23+/m1/s1. The number of nitrogens with one attached hydrogen (secondary N) is 2. The molecule has 3 aromatic rings. The number of ether oxygens (including phenoxy) is 1. The zero-order chi connectivity index (χ0) is 25.3. The normalized spacial score (nSPS) is 14.9. The molecule has 3 N–H and O–H groups in total. The quantitative estimate of drug-likeness (QED) is 0.269. The highest BCUT2D eigenvalue weighted by atomic mass is 32.1. The number of carbonyl (C=O) groups is 1. The zero-order valence-electron chi connectivity index (χ0n) is 21.2. The Morgan fingerprint density at radius 3 is 2.89 bits per heavy atom. The molecular weight excluding hydrogens is 474 g/mol. The molecule has 0 unspecified atom stereocenters. The number of carboxylic acids is 1. The molecular formula is C27H37N5O3S. The molecule has 1 aliphatic heterocycles. The number of methoxy groups -OCH3 is 1. The highest BCUT2D eigenvalue weighted by Crippen LogP contribution is 2.26. The van der Waals surface area contributed by atoms with Gasteiger partial charge in [0, 0.05) is 32.4 Å². The van der Waals surface area contributed by atoms with Crippen molar-refractivity contribution >= 4 is 38.5 Å². The molecule has 0 radical (unpaired) electrons. The van der Waals surface area contributed by atoms with Gasteiger partial charge in [-0.15, -0.1) is 0 Å². The summed E-state index contributed by atoms with van der Waals surface area (Å²) >= 11 is 1.49. The first kappa shape index (κ1) is 26.3. The van der Waals surface area contributed by atoms with Gasteiger partial charge in [0.25, 0.3) is 0 Å². The highest BCUT2D eigenvalue weighted by molar-refractivity contribution is 7.22. The van der Waals surface area contributed by atoms with Crippen LogP contribution < -0.4 is 10.6 Å². The Kier molecular flexibility index (Phi) is 9.49. The van der Waals surface area contributed by atoms with E-state index in [0.29, 0.717) is 18.1 Å². The van der Waals surface area contributed by atoms with Gasteiger partial charge in [-0.2, -0.15) is 0 Å². The van der Waals surface area contributed by atoms with Gasteiger partial charge in [-0.3, -0.25) is 0 Å². The Hall–Kier alpha value is -2.75. The van der Waals surface area contributed by atoms with E-state index in [2.05, 4.69) is 32.7 Å². The van der Waals surface area contributed by atoms with Crippen LogP contribution in [-0.2, 0) is 22.4 Å². The van der Waals surface area contributed by atoms with Crippen LogP contribution in [0.3, 0.4) is 0 Å². The summed E-state index contributed by atoms with van der Waals surface area (Å²) in [4.78, 5) is 23.6. The van der Waals surface area contributed by atoms with Crippen molar-refractivity contribution in [2.45, 2.75) is 57.6 Å². The van der Waals surface area contributed by atoms with Crippen LogP contribution >= 0.6 is 11.3 Å². The summed E-state index contributed by atoms with van der Waals surface area (Å²) in [6, 6.07) is 11.5. The van der Waals surface area contributed by atoms with Crippen molar-refractivity contribution < 1.29 is 14.6 Å². The molecule has 0 aliphatic carbocycles. The summed E-state index contributed by atoms with van der Waals surface area (Å²) in [5.41, 5.74) is 3.33. The SMILES string of the molecule is CO[C@H](C)CN(CCCCc1ccc2c(n1)NCCC2)CC[C@H](Nc1nc2ccccc2s1)C(=O)O. The van der Waals surface area contributed by atoms with Crippen LogP contribution in [0.15, 0.2) is 36.4 Å². The number of benzene rings is 1. The monoisotopic (exact) mass is 511 g/mol. The number of unbranched alkanes of at least 4 members (excludes halogenated alkanes) is 1. The number of aryl methyl sites for hydroxylation is 2. The Morgan fingerprint density at radius 1 is 1.22 bits per heavy atom. The van der Waals surface area contributed by atoms with E-state index in [1.807, 2.05) is 31.2 Å². The van der Waals surface area contributed by atoms with Crippen molar-refractivity contribution in [3.8, 4) is 0 Å². The molecule has 194 valence electrons. The van der Waals surface area contributed by atoms with Crippen molar-refractivity contribution in [1.29, 1.82) is 0 Å². The number of para-hydroxylation sites is 1. The van der Waals surface area contributed by atoms with Gasteiger partial charge in [-0.1, -0.05) is 29.5 Å². The summed E-state index contributed by atoms with van der Waals surface area (Å²) in [5.74, 6) is 0.190. The van der Waals surface area contributed by atoms with Gasteiger partial charge in [-0.25, -0.2) is 14.8 Å². The lowest BCUT2D eigenvalue weighted by molar-refractivity contribution is -0.138. The molecule has 1 aliphatic rings. The number of rotatable bonds is 14. The number of pyridine rings is 1. The number of hydrogen-bond acceptors (Lipinski definition) is 8. The number of fused-ring (bicyclic) bond motifs is 2. The van der Waals surface area contributed by atoms with Crippen molar-refractivity contribution in [3.63, 3.8) is 0 Å². The lowest BCUT2D eigenvalue weighted by Crippen LogP contribution is -2.38. The third-order valence-electron chi connectivity index (χ3n) is 6.65. The smallest absolute Gasteiger partial charge is 0.326 e. The van der Waals surface area contributed by atoms with E-state index in [-0.39, 0.29) is 6.10 Å². The van der Waals surface area contributed by atoms with Crippen LogP contribution in [0.25, 0.3) is 10.2 Å². The summed E-state index contributed by atoms with van der Waals surface area (Å²) in [5, 5.41) is 17.0. The van der Waals surface area contributed by atoms with E-state index in [4.69, 9.17) is 9.72 Å². The number of aliphatic carboxylic acids is 1. The predicted molar refractivity (Wildman–Crippen MR) is 146 cm³/mol. The largest absolute Gasteiger partial charge is 0.480 e. The third-order valence-corrected chi connectivity index (χ3v) is 7.62. The molecule has 3 heterocycles. The zero-order valence-corrected chi connectivity index (χ0v) is 22.0. The van der Waals surface area contributed by atoms with Crippen LogP contribution in [0.5, 0.6) is 0 Å². The summed E-state index contributed by atoms with van der Waals surface area (Å²) in [6.45, 7) is 5.38. The molecule has 2 atom stereocenters. The average Bonchev–Trinajstić information content (AvgIpc) is 3.30. The fourth-order valence-corrected chi connectivity index (χ4v) is 5.45. The first-order valence-corrected chi connectivity index (χ1v) is 13.7. The van der Waals surface area contributed by atoms with E-state index in [0.717, 1.165) is 67.0 Å². The minimum atomic E-state index is -0.860. The van der Waals surface area contributed by atoms with Crippen molar-refractivity contribution in [3.05, 3.63) is 47.7 Å². The molecule has 4 rings (SSSR count). The van der Waals surface area contributed by atoms with Crippen LogP contribution in [-0.4, -0.2) is 71.4 Å². The lowest BCUT2D eigenvalue weighted by Gasteiger charge is -2.26. The molecule has 36 heavy (non-hydrogen) atoms. The molecule has 0 fully saturated rings. The molecule has 8 nitrogen and oxygen atoms in total. The van der Waals surface area contributed by atoms with Gasteiger partial charge in [0.05, 0.1) is 16.3 Å². The molecule has 0 saturated carbocycles. The van der Waals surface area contributed by atoms with Crippen molar-refractivity contribution in [2.24, 2.45) is 0 Å². The van der Waals surface area contributed by atoms with E-state index in [1.54, 1.807) is 7.11 Å². The molecule has 1 aromatic carbocycles. The lowest BCUT2D eigenvalue weighted by atomic mass is 10.1. The van der Waals surface area contributed by atoms with Gasteiger partial charge in [0.15, 0.2) is 5.13 Å². The van der Waals surface area contributed by atoms with E-state index in [9.17, 15) is 9.90 Å². The molecule has 0 saturated heterocycles. The highest BCUT2D eigenvalue weighted by Gasteiger charge is 2.21. The van der Waals surface area contributed by atoms with E-state index < -0.39 is 12.0 Å². The third kappa shape index (κ3) is 7.38. The Bertz CT molecular complexity index is 1100. The second-order valence-corrected chi connectivity index (χ2v) is 10.5. The second-order valence-electron chi connectivity index (χ2n) is 9.46. The number of anilines is 2. The van der Waals surface area contributed by atoms with Crippen molar-refractivity contribution in [1.82, 2.24) is 14.9 Å². The van der Waals surface area contributed by atoms with E-state index >= 15 is 0 Å². The van der Waals surface area contributed by atoms with Crippen LogP contribution in [0.4, 0.5) is 10.9 Å². The average molecular weight is 512 g/mol. The summed E-state index contributed by atoms with van der Waals surface area (Å²) in [7, 11) is 1.72. The number of hydrogen-bond donors (Lipinski definition) is 3. The first-order chi connectivity index (χ1) is 17.5. The summed E-state index contributed by atoms with van der Waals surface area (Å²) < 4.78 is 6.54. The fraction of sp³-hybridized carbons (Fsp3) is 0.519. The maximum Gasteiger partial charge on any atom is 0.326 e. The van der Waals surface area contributed by atoms with Gasteiger partial charge >= 0.3 is 5.97 Å². The molecule has 9 heteroatoms. The number of nitrogens with zero attached hydrogens (tertiary/aromatic N) is 3. The van der Waals surface area contributed by atoms with Gasteiger partial charge in [0.1, 0.15) is 11.9 Å². The Morgan fingerprint density at radius 2 is 2.08 bits per heavy atom. The molecule has 0 amide bonds. The van der Waals surface area contributed by atoms with Crippen LogP contribution in [0.1, 0.15) is 43.9 Å². The fourth-order valence-electron chi connectivity index (χ4n) is 4.53. The predicted octanol–water partition coefficient (Wildman–Crippen LogP) is 4.66. The number of aromatic nitrogens is 2. The van der Waals surface area contributed by atoms with E-state index in [1.165, 1.54) is 23.3 Å². The Balaban J connectivity index is 1.29. The topological polar surface area (TPSA) is 99.6 Å². The first-order valence-electron chi connectivity index (χ1n) is 12.8. The number of carboxylic acid groups (broad SMARTS) is 1. The maximum atomic E-state index is 12.0. The second kappa shape index (κ2) is 13.0. The van der Waals surface area contributed by atoms with Gasteiger partial charge < -0.3 is 25.4 Å². The Labute approximate surface area is 217 Å². The molecule has 2 aromatic heterocycles. The minimum absolute atomic E-state index is 0.0823.